The van der Waals surface area contributed by atoms with E-state index in [9.17, 15) is 19.7 Å². The zero-order valence-electron chi connectivity index (χ0n) is 13.1. The first-order valence-corrected chi connectivity index (χ1v) is 6.81. The molecule has 2 amide bonds. The van der Waals surface area contributed by atoms with Crippen molar-refractivity contribution in [2.24, 2.45) is 5.73 Å². The Balaban J connectivity index is 3.18. The molecule has 3 N–H and O–H groups in total. The summed E-state index contributed by atoms with van der Waals surface area (Å²) in [4.78, 5) is 43.4. The van der Waals surface area contributed by atoms with Crippen LogP contribution in [0.2, 0.25) is 0 Å². The molecule has 0 aromatic carbocycles. The van der Waals surface area contributed by atoms with Crippen molar-refractivity contribution in [2.45, 2.75) is 19.9 Å². The van der Waals surface area contributed by atoms with E-state index < -0.39 is 16.9 Å². The maximum atomic E-state index is 11.9. The lowest BCUT2D eigenvalue weighted by Crippen LogP contribution is -2.35. The summed E-state index contributed by atoms with van der Waals surface area (Å²) in [6.07, 6.45) is 2.78. The third kappa shape index (κ3) is 4.80. The van der Waals surface area contributed by atoms with E-state index in [1.165, 1.54) is 18.5 Å². The maximum Gasteiger partial charge on any atom is 0.294 e. The first kappa shape index (κ1) is 18.6. The van der Waals surface area contributed by atoms with Gasteiger partial charge in [0, 0.05) is 12.6 Å². The molecule has 0 atom stereocenters. The van der Waals surface area contributed by atoms with Crippen molar-refractivity contribution >= 4 is 17.5 Å². The van der Waals surface area contributed by atoms with E-state index in [1.54, 1.807) is 4.90 Å². The number of hydrogen-bond donors (Lipinski definition) is 2. The lowest BCUT2D eigenvalue weighted by atomic mass is 10.1. The summed E-state index contributed by atoms with van der Waals surface area (Å²) < 4.78 is 0. The fourth-order valence-corrected chi connectivity index (χ4v) is 2.00. The van der Waals surface area contributed by atoms with Crippen molar-refractivity contribution in [3.8, 4) is 6.19 Å². The summed E-state index contributed by atoms with van der Waals surface area (Å²) in [5, 5.41) is 19.8. The zero-order chi connectivity index (χ0) is 18.3. The summed E-state index contributed by atoms with van der Waals surface area (Å²) in [6.45, 7) is 3.60. The standard InChI is InChI=1S/C13H16N6O5/c1-8(2)18(3-4-24-19(22)23)9-5-10(13(21)17-7-14)11(12(15)20)16-6-9/h5-6,8H,3-4H2,1-2H3,(H2,15,20)(H,17,21). The Morgan fingerprint density at radius 3 is 2.75 bits per heavy atom. The number of amides is 2. The van der Waals surface area contributed by atoms with Crippen molar-refractivity contribution < 1.29 is 19.5 Å². The second kappa shape index (κ2) is 8.28. The van der Waals surface area contributed by atoms with Crippen molar-refractivity contribution in [1.82, 2.24) is 10.3 Å². The molecular weight excluding hydrogens is 320 g/mol. The Labute approximate surface area is 137 Å². The summed E-state index contributed by atoms with van der Waals surface area (Å²) in [5.74, 6) is -1.75. The summed E-state index contributed by atoms with van der Waals surface area (Å²) in [7, 11) is 0. The van der Waals surface area contributed by atoms with Gasteiger partial charge in [-0.3, -0.25) is 14.9 Å². The molecular formula is C13H16N6O5. The first-order valence-electron chi connectivity index (χ1n) is 6.81. The predicted octanol–water partition coefficient (Wildman–Crippen LogP) is -0.186. The number of carbonyl (C=O) groups excluding carboxylic acids is 2. The van der Waals surface area contributed by atoms with Gasteiger partial charge in [-0.05, 0) is 19.9 Å². The second-order valence-corrected chi connectivity index (χ2v) is 4.86. The molecule has 11 heteroatoms. The number of rotatable bonds is 8. The summed E-state index contributed by atoms with van der Waals surface area (Å²) in [5.41, 5.74) is 5.15. The molecule has 11 nitrogen and oxygen atoms in total. The highest BCUT2D eigenvalue weighted by molar-refractivity contribution is 6.06. The molecule has 128 valence electrons. The average Bonchev–Trinajstić information content (AvgIpc) is 2.50. The fourth-order valence-electron chi connectivity index (χ4n) is 2.00. The number of nitriles is 1. The van der Waals surface area contributed by atoms with Gasteiger partial charge in [-0.15, -0.1) is 10.1 Å². The van der Waals surface area contributed by atoms with Gasteiger partial charge in [-0.2, -0.15) is 5.26 Å². The number of hydrogen-bond acceptors (Lipinski definition) is 8. The molecule has 0 unspecified atom stereocenters. The number of pyridine rings is 1. The molecule has 0 saturated carbocycles. The normalized spacial score (nSPS) is 9.92. The minimum absolute atomic E-state index is 0.103. The van der Waals surface area contributed by atoms with Gasteiger partial charge in [0.2, 0.25) is 0 Å². The molecule has 1 heterocycles. The number of nitrogens with zero attached hydrogens (tertiary/aromatic N) is 4. The van der Waals surface area contributed by atoms with Crippen molar-refractivity contribution in [3.63, 3.8) is 0 Å². The molecule has 0 aliphatic rings. The maximum absolute atomic E-state index is 11.9. The van der Waals surface area contributed by atoms with Gasteiger partial charge in [0.15, 0.2) is 6.19 Å². The average molecular weight is 336 g/mol. The van der Waals surface area contributed by atoms with Gasteiger partial charge in [-0.1, -0.05) is 0 Å². The monoisotopic (exact) mass is 336 g/mol. The number of primary amides is 1. The molecule has 0 spiro atoms. The number of aromatic nitrogens is 1. The van der Waals surface area contributed by atoms with Crippen LogP contribution < -0.4 is 16.0 Å². The van der Waals surface area contributed by atoms with Crippen molar-refractivity contribution in [1.29, 1.82) is 5.26 Å². The molecule has 1 rings (SSSR count). The Bertz CT molecular complexity index is 684. The Morgan fingerprint density at radius 1 is 1.58 bits per heavy atom. The van der Waals surface area contributed by atoms with Crippen LogP contribution in [0.15, 0.2) is 12.3 Å². The highest BCUT2D eigenvalue weighted by Crippen LogP contribution is 2.20. The molecule has 0 saturated heterocycles. The Morgan fingerprint density at radius 2 is 2.25 bits per heavy atom. The predicted molar refractivity (Wildman–Crippen MR) is 81.3 cm³/mol. The Hall–Kier alpha value is -3.42. The van der Waals surface area contributed by atoms with Gasteiger partial charge in [-0.25, -0.2) is 4.98 Å². The molecule has 0 bridgehead atoms. The van der Waals surface area contributed by atoms with E-state index >= 15 is 0 Å². The number of anilines is 1. The summed E-state index contributed by atoms with van der Waals surface area (Å²) in [6, 6.07) is 1.24. The molecule has 1 aromatic heterocycles. The third-order valence-corrected chi connectivity index (χ3v) is 3.00. The van der Waals surface area contributed by atoms with E-state index in [2.05, 4.69) is 9.82 Å². The lowest BCUT2D eigenvalue weighted by Gasteiger charge is -2.28. The number of carbonyl (C=O) groups is 2. The van der Waals surface area contributed by atoms with Crippen LogP contribution in [0.5, 0.6) is 0 Å². The van der Waals surface area contributed by atoms with Crippen LogP contribution in [0.3, 0.4) is 0 Å². The van der Waals surface area contributed by atoms with Crippen LogP contribution in [0.4, 0.5) is 5.69 Å². The zero-order valence-corrected chi connectivity index (χ0v) is 13.1. The van der Waals surface area contributed by atoms with E-state index in [-0.39, 0.29) is 30.5 Å². The van der Waals surface area contributed by atoms with Crippen molar-refractivity contribution in [2.75, 3.05) is 18.1 Å². The van der Waals surface area contributed by atoms with Gasteiger partial charge < -0.3 is 15.5 Å². The minimum atomic E-state index is -0.919. The van der Waals surface area contributed by atoms with Gasteiger partial charge in [0.1, 0.15) is 12.3 Å². The number of nitrogens with one attached hydrogen (secondary N) is 1. The molecule has 0 aliphatic heterocycles. The van der Waals surface area contributed by atoms with Crippen molar-refractivity contribution in [3.05, 3.63) is 33.6 Å². The SMILES string of the molecule is CC(C)N(CCO[N+](=O)[O-])c1cnc(C(N)=O)c(C(=O)NC#N)c1. The quantitative estimate of drug-likeness (QED) is 0.285. The lowest BCUT2D eigenvalue weighted by molar-refractivity contribution is -0.757. The van der Waals surface area contributed by atoms with Gasteiger partial charge >= 0.3 is 0 Å². The van der Waals surface area contributed by atoms with E-state index in [0.717, 1.165) is 0 Å². The third-order valence-electron chi connectivity index (χ3n) is 3.00. The van der Waals surface area contributed by atoms with Crippen LogP contribution >= 0.6 is 0 Å². The second-order valence-electron chi connectivity index (χ2n) is 4.86. The number of nitrogens with two attached hydrogens (primary N) is 1. The van der Waals surface area contributed by atoms with Crippen LogP contribution in [-0.2, 0) is 4.84 Å². The van der Waals surface area contributed by atoms with E-state index in [0.29, 0.717) is 5.69 Å². The Kier molecular flexibility index (Phi) is 6.42. The minimum Gasteiger partial charge on any atom is -0.366 e. The highest BCUT2D eigenvalue weighted by atomic mass is 16.9. The van der Waals surface area contributed by atoms with E-state index in [4.69, 9.17) is 11.0 Å². The van der Waals surface area contributed by atoms with Gasteiger partial charge in [0.05, 0.1) is 17.4 Å². The van der Waals surface area contributed by atoms with Crippen LogP contribution in [0, 0.1) is 21.6 Å². The molecule has 0 fully saturated rings. The smallest absolute Gasteiger partial charge is 0.294 e. The first-order chi connectivity index (χ1) is 11.3. The summed E-state index contributed by atoms with van der Waals surface area (Å²) >= 11 is 0. The van der Waals surface area contributed by atoms with Crippen LogP contribution in [0.25, 0.3) is 0 Å². The molecule has 1 aromatic rings. The topological polar surface area (TPSA) is 164 Å². The van der Waals surface area contributed by atoms with Crippen LogP contribution in [-0.4, -0.2) is 41.1 Å². The van der Waals surface area contributed by atoms with Gasteiger partial charge in [0.25, 0.3) is 16.9 Å². The molecule has 0 aliphatic carbocycles. The molecule has 0 radical (unpaired) electrons. The fraction of sp³-hybridized carbons (Fsp3) is 0.385. The van der Waals surface area contributed by atoms with E-state index in [1.807, 2.05) is 19.2 Å². The largest absolute Gasteiger partial charge is 0.366 e. The highest BCUT2D eigenvalue weighted by Gasteiger charge is 2.20. The molecule has 24 heavy (non-hydrogen) atoms. The van der Waals surface area contributed by atoms with Crippen LogP contribution in [0.1, 0.15) is 34.7 Å².